The van der Waals surface area contributed by atoms with Gasteiger partial charge < -0.3 is 30.5 Å². The Morgan fingerprint density at radius 3 is 2.67 bits per heavy atom. The van der Waals surface area contributed by atoms with Gasteiger partial charge in [0.25, 0.3) is 5.19 Å². The van der Waals surface area contributed by atoms with Crippen molar-refractivity contribution in [3.05, 3.63) is 35.4 Å². The fourth-order valence-corrected chi connectivity index (χ4v) is 6.30. The molecule has 2 aromatic rings. The van der Waals surface area contributed by atoms with Gasteiger partial charge in [0.15, 0.2) is 0 Å². The van der Waals surface area contributed by atoms with E-state index in [4.69, 9.17) is 31.9 Å². The summed E-state index contributed by atoms with van der Waals surface area (Å²) in [6, 6.07) is 3.52. The lowest BCUT2D eigenvalue weighted by Crippen LogP contribution is -2.53. The van der Waals surface area contributed by atoms with Crippen molar-refractivity contribution in [2.75, 3.05) is 6.54 Å². The van der Waals surface area contributed by atoms with Gasteiger partial charge in [-0.05, 0) is 70.6 Å². The highest BCUT2D eigenvalue weighted by molar-refractivity contribution is 7.20. The molecule has 11 nitrogen and oxygen atoms in total. The lowest BCUT2D eigenvalue weighted by Gasteiger charge is -2.28. The second kappa shape index (κ2) is 13.9. The molecule has 1 saturated heterocycles. The molecule has 5 atom stereocenters. The highest BCUT2D eigenvalue weighted by Gasteiger charge is 2.43. The Balaban J connectivity index is 1.36. The summed E-state index contributed by atoms with van der Waals surface area (Å²) in [7, 11) is 0. The molecule has 0 unspecified atom stereocenters. The lowest BCUT2D eigenvalue weighted by atomic mass is 10.0. The van der Waals surface area contributed by atoms with Gasteiger partial charge in [-0.3, -0.25) is 14.4 Å². The van der Waals surface area contributed by atoms with E-state index in [1.807, 2.05) is 12.2 Å². The van der Waals surface area contributed by atoms with Gasteiger partial charge in [0.2, 0.25) is 11.8 Å². The maximum atomic E-state index is 13.8. The van der Waals surface area contributed by atoms with E-state index < -0.39 is 47.7 Å². The number of carbonyl (C=O) groups excluding carboxylic acids is 3. The number of rotatable bonds is 13. The van der Waals surface area contributed by atoms with Crippen LogP contribution in [0.3, 0.4) is 0 Å². The summed E-state index contributed by atoms with van der Waals surface area (Å²) in [6.07, 6.45) is 7.07. The van der Waals surface area contributed by atoms with Crippen molar-refractivity contribution in [3.8, 4) is 5.19 Å². The summed E-state index contributed by atoms with van der Waals surface area (Å²) in [4.78, 5) is 55.6. The van der Waals surface area contributed by atoms with E-state index in [2.05, 4.69) is 10.3 Å². The van der Waals surface area contributed by atoms with Crippen LogP contribution in [-0.2, 0) is 19.1 Å². The number of amides is 3. The van der Waals surface area contributed by atoms with Gasteiger partial charge in [0, 0.05) is 11.4 Å². The molecule has 13 heteroatoms. The molecule has 2 fully saturated rings. The predicted octanol–water partition coefficient (Wildman–Crippen LogP) is 4.90. The van der Waals surface area contributed by atoms with Gasteiger partial charge in [-0.2, -0.15) is 0 Å². The number of carbonyl (C=O) groups is 4. The summed E-state index contributed by atoms with van der Waals surface area (Å²) in [5.41, 5.74) is 5.67. The number of allylic oxidation sites excluding steroid dienone is 2. The molecule has 2 aliphatic rings. The number of carboxylic acids is 1. The number of aliphatic carboxylic acids is 1. The van der Waals surface area contributed by atoms with Gasteiger partial charge in [-0.25, -0.2) is 9.78 Å². The first-order valence-corrected chi connectivity index (χ1v) is 15.7. The second-order valence-electron chi connectivity index (χ2n) is 12.1. The highest BCUT2D eigenvalue weighted by atomic mass is 35.5. The van der Waals surface area contributed by atoms with Crippen LogP contribution in [0.2, 0.25) is 5.02 Å². The monoisotopic (exact) mass is 634 g/mol. The zero-order chi connectivity index (χ0) is 31.3. The Kier molecular flexibility index (Phi) is 10.5. The van der Waals surface area contributed by atoms with Gasteiger partial charge in [0.1, 0.15) is 23.8 Å². The molecule has 4 N–H and O–H groups in total. The van der Waals surface area contributed by atoms with E-state index in [1.165, 1.54) is 16.2 Å². The molecule has 2 heterocycles. The number of hydrogen-bond donors (Lipinski definition) is 3. The molecular weight excluding hydrogens is 596 g/mol. The summed E-state index contributed by atoms with van der Waals surface area (Å²) < 4.78 is 12.3. The highest BCUT2D eigenvalue weighted by Crippen LogP contribution is 2.39. The molecule has 3 amide bonds. The van der Waals surface area contributed by atoms with Crippen molar-refractivity contribution in [1.82, 2.24) is 15.2 Å². The van der Waals surface area contributed by atoms with E-state index in [0.29, 0.717) is 29.5 Å². The number of primary amides is 1. The van der Waals surface area contributed by atoms with Crippen molar-refractivity contribution >= 4 is 57.0 Å². The van der Waals surface area contributed by atoms with Crippen molar-refractivity contribution in [2.24, 2.45) is 17.6 Å². The third kappa shape index (κ3) is 9.30. The first-order valence-electron chi connectivity index (χ1n) is 14.5. The van der Waals surface area contributed by atoms with Crippen molar-refractivity contribution in [1.29, 1.82) is 0 Å². The van der Waals surface area contributed by atoms with Gasteiger partial charge >= 0.3 is 12.1 Å². The Morgan fingerprint density at radius 2 is 2.00 bits per heavy atom. The molecule has 4 rings (SSSR count). The van der Waals surface area contributed by atoms with Crippen LogP contribution in [0.1, 0.15) is 65.7 Å². The van der Waals surface area contributed by atoms with E-state index in [9.17, 15) is 19.2 Å². The Hall–Kier alpha value is -3.38. The van der Waals surface area contributed by atoms with Crippen LogP contribution in [0, 0.1) is 11.8 Å². The van der Waals surface area contributed by atoms with Crippen molar-refractivity contribution in [3.63, 3.8) is 0 Å². The van der Waals surface area contributed by atoms with E-state index in [-0.39, 0.29) is 24.8 Å². The molecule has 0 spiro atoms. The van der Waals surface area contributed by atoms with Crippen LogP contribution in [0.15, 0.2) is 30.4 Å². The van der Waals surface area contributed by atoms with Crippen LogP contribution in [0.5, 0.6) is 5.19 Å². The summed E-state index contributed by atoms with van der Waals surface area (Å²) in [5.74, 6) is -1.97. The summed E-state index contributed by atoms with van der Waals surface area (Å²) in [6.45, 7) is 5.31. The number of alkyl carbamates (subject to hydrolysis) is 1. The largest absolute Gasteiger partial charge is 0.481 e. The maximum absolute atomic E-state index is 13.8. The average Bonchev–Trinajstić information content (AvgIpc) is 3.39. The number of nitrogens with one attached hydrogen (secondary N) is 1. The quantitative estimate of drug-likeness (QED) is 0.207. The van der Waals surface area contributed by atoms with E-state index in [0.717, 1.165) is 29.5 Å². The average molecular weight is 635 g/mol. The second-order valence-corrected chi connectivity index (χ2v) is 13.5. The van der Waals surface area contributed by atoms with Crippen molar-refractivity contribution in [2.45, 2.75) is 89.5 Å². The number of nitrogens with zero attached hydrogens (tertiary/aromatic N) is 2. The molecule has 1 saturated carbocycles. The standard InChI is InChI=1S/C30H39ClN4O7S/c1-30(2,3)42-28(40)33-22(10-8-6-4-5-7-9-17-13-20(17)27(38)39)26(37)35-16-19(15-23(35)25(32)36)41-29-34-21-12-11-18(31)14-24(21)43-29/h7,9,11-12,14,17,19-20,22-23H,4-6,8,10,13,15-16H2,1-3H3,(H2,32,36)(H,33,40)(H,38,39)/b9-7-/t17-,19-,20+,22+,23+/m1/s1. The van der Waals surface area contributed by atoms with E-state index in [1.54, 1.807) is 39.0 Å². The molecule has 234 valence electrons. The number of nitrogens with two attached hydrogens (primary N) is 1. The number of hydrogen-bond acceptors (Lipinski definition) is 8. The van der Waals surface area contributed by atoms with E-state index >= 15 is 0 Å². The minimum atomic E-state index is -0.918. The smallest absolute Gasteiger partial charge is 0.408 e. The Bertz CT molecular complexity index is 1370. The van der Waals surface area contributed by atoms with Crippen LogP contribution in [-0.4, -0.2) is 69.2 Å². The number of thiazole rings is 1. The van der Waals surface area contributed by atoms with Crippen LogP contribution < -0.4 is 15.8 Å². The summed E-state index contributed by atoms with van der Waals surface area (Å²) in [5, 5.41) is 12.7. The first kappa shape index (κ1) is 32.5. The topological polar surface area (TPSA) is 161 Å². The van der Waals surface area contributed by atoms with Crippen LogP contribution in [0.25, 0.3) is 10.2 Å². The minimum Gasteiger partial charge on any atom is -0.481 e. The van der Waals surface area contributed by atoms with Crippen molar-refractivity contribution < 1.29 is 33.8 Å². The number of unbranched alkanes of at least 4 members (excludes halogenated alkanes) is 3. The number of carboxylic acid groups (broad SMARTS) is 1. The number of benzene rings is 1. The molecule has 1 aromatic heterocycles. The van der Waals surface area contributed by atoms with Gasteiger partial charge in [-0.1, -0.05) is 47.9 Å². The lowest BCUT2D eigenvalue weighted by molar-refractivity contribution is -0.139. The zero-order valence-electron chi connectivity index (χ0n) is 24.6. The Labute approximate surface area is 259 Å². The van der Waals surface area contributed by atoms with Gasteiger partial charge in [-0.15, -0.1) is 0 Å². The minimum absolute atomic E-state index is 0.110. The molecule has 1 aliphatic heterocycles. The number of fused-ring (bicyclic) bond motifs is 1. The fourth-order valence-electron chi connectivity index (χ4n) is 5.14. The van der Waals surface area contributed by atoms with Crippen LogP contribution in [0.4, 0.5) is 4.79 Å². The predicted molar refractivity (Wildman–Crippen MR) is 163 cm³/mol. The number of ether oxygens (including phenoxy) is 2. The van der Waals surface area contributed by atoms with Crippen LogP contribution >= 0.6 is 22.9 Å². The van der Waals surface area contributed by atoms with Gasteiger partial charge in [0.05, 0.1) is 22.7 Å². The normalized spacial score (nSPS) is 22.5. The third-order valence-electron chi connectivity index (χ3n) is 7.37. The summed E-state index contributed by atoms with van der Waals surface area (Å²) >= 11 is 7.41. The SMILES string of the molecule is CC(C)(C)OC(=O)N[C@@H](CCCCC/C=C\[C@@H]1C[C@@H]1C(=O)O)C(=O)N1C[C@H](Oc2nc3ccc(Cl)cc3s2)C[C@H]1C(N)=O. The fraction of sp³-hybridized carbons (Fsp3) is 0.567. The Morgan fingerprint density at radius 1 is 1.23 bits per heavy atom. The maximum Gasteiger partial charge on any atom is 0.408 e. The molecule has 0 bridgehead atoms. The molecule has 1 aliphatic carbocycles. The molecule has 0 radical (unpaired) electrons. The zero-order valence-corrected chi connectivity index (χ0v) is 26.2. The third-order valence-corrected chi connectivity index (χ3v) is 8.51. The first-order chi connectivity index (χ1) is 20.3. The molecule has 1 aromatic carbocycles. The molecule has 43 heavy (non-hydrogen) atoms. The number of aromatic nitrogens is 1. The molecular formula is C30H39ClN4O7S. The number of likely N-dealkylation sites (tertiary alicyclic amines) is 1. The number of halogens is 1.